The van der Waals surface area contributed by atoms with Crippen molar-refractivity contribution in [3.63, 3.8) is 0 Å². The highest BCUT2D eigenvalue weighted by Gasteiger charge is 2.59. The van der Waals surface area contributed by atoms with E-state index >= 15 is 0 Å². The number of ether oxygens (including phenoxy) is 2. The van der Waals surface area contributed by atoms with Crippen LogP contribution in [0.4, 0.5) is 0 Å². The Bertz CT molecular complexity index is 1160. The molecule has 2 aromatic carbocycles. The molecule has 1 fully saturated rings. The second-order valence-electron chi connectivity index (χ2n) is 14.7. The van der Waals surface area contributed by atoms with Gasteiger partial charge >= 0.3 is 11.9 Å². The van der Waals surface area contributed by atoms with Crippen LogP contribution in [0.25, 0.3) is 0 Å². The van der Waals surface area contributed by atoms with Crippen molar-refractivity contribution >= 4 is 73.8 Å². The number of carbonyl (C=O) groups is 2. The molecular formula is C34H50I2O6Si2. The van der Waals surface area contributed by atoms with Crippen molar-refractivity contribution < 1.29 is 27.9 Å². The molecule has 1 aliphatic carbocycles. The summed E-state index contributed by atoms with van der Waals surface area (Å²) in [6.45, 7) is 22.8. The summed E-state index contributed by atoms with van der Waals surface area (Å²) in [4.78, 5) is 27.3. The van der Waals surface area contributed by atoms with Crippen LogP contribution in [0.1, 0.15) is 64.5 Å². The van der Waals surface area contributed by atoms with E-state index in [0.29, 0.717) is 22.1 Å². The van der Waals surface area contributed by atoms with E-state index in [4.69, 9.17) is 18.3 Å². The standard InChI is InChI=1S/C34H50I2O6Si2/c1-33(2,3)43(7,8)41-25-15-11-23(12-16-25)27-29(31(37)39-21-19-35)28(30(27)32(38)40-22-20-36)24-13-17-26(18-14-24)42-44(9,10)34(4,5)6/h11-18,27-30H,19-22H2,1-10H3. The Kier molecular flexibility index (Phi) is 12.5. The smallest absolute Gasteiger partial charge is 0.310 e. The maximum atomic E-state index is 13.6. The van der Waals surface area contributed by atoms with Crippen molar-refractivity contribution in [1.29, 1.82) is 0 Å². The third kappa shape index (κ3) is 8.61. The van der Waals surface area contributed by atoms with Crippen LogP contribution in [-0.2, 0) is 19.1 Å². The fraction of sp³-hybridized carbons (Fsp3) is 0.588. The monoisotopic (exact) mass is 864 g/mol. The number of alkyl halides is 2. The first-order valence-electron chi connectivity index (χ1n) is 15.4. The predicted molar refractivity (Wildman–Crippen MR) is 201 cm³/mol. The van der Waals surface area contributed by atoms with Gasteiger partial charge in [-0.1, -0.05) is 111 Å². The molecule has 0 atom stereocenters. The fourth-order valence-electron chi connectivity index (χ4n) is 5.05. The maximum absolute atomic E-state index is 13.6. The molecule has 44 heavy (non-hydrogen) atoms. The molecule has 244 valence electrons. The van der Waals surface area contributed by atoms with Crippen LogP contribution >= 0.6 is 45.2 Å². The van der Waals surface area contributed by atoms with Crippen LogP contribution in [0.5, 0.6) is 11.5 Å². The van der Waals surface area contributed by atoms with Crippen LogP contribution in [0, 0.1) is 11.8 Å². The van der Waals surface area contributed by atoms with E-state index in [2.05, 4.69) is 113 Å². The Labute approximate surface area is 294 Å². The summed E-state index contributed by atoms with van der Waals surface area (Å²) in [5, 5.41) is 0.137. The molecule has 0 spiro atoms. The fourth-order valence-corrected chi connectivity index (χ4v) is 7.55. The van der Waals surface area contributed by atoms with Crippen molar-refractivity contribution in [2.75, 3.05) is 22.1 Å². The van der Waals surface area contributed by atoms with E-state index in [1.54, 1.807) is 0 Å². The normalized spacial score (nSPS) is 20.8. The van der Waals surface area contributed by atoms with Gasteiger partial charge in [0, 0.05) is 20.7 Å². The Morgan fingerprint density at radius 2 is 0.909 bits per heavy atom. The van der Waals surface area contributed by atoms with E-state index in [1.807, 2.05) is 48.5 Å². The van der Waals surface area contributed by atoms with Gasteiger partial charge in [0.2, 0.25) is 16.6 Å². The maximum Gasteiger partial charge on any atom is 0.310 e. The van der Waals surface area contributed by atoms with Crippen molar-refractivity contribution in [3.8, 4) is 11.5 Å². The molecule has 10 heteroatoms. The van der Waals surface area contributed by atoms with E-state index in [0.717, 1.165) is 22.6 Å². The number of halogens is 2. The molecule has 6 nitrogen and oxygen atoms in total. The van der Waals surface area contributed by atoms with Crippen LogP contribution in [0.3, 0.4) is 0 Å². The van der Waals surface area contributed by atoms with Crippen molar-refractivity contribution in [3.05, 3.63) is 59.7 Å². The summed E-state index contributed by atoms with van der Waals surface area (Å²) in [6.07, 6.45) is 0. The summed E-state index contributed by atoms with van der Waals surface area (Å²) in [6, 6.07) is 15.9. The number of rotatable bonds is 12. The summed E-state index contributed by atoms with van der Waals surface area (Å²) in [7, 11) is -4.04. The number of carbonyl (C=O) groups excluding carboxylic acids is 2. The molecule has 0 unspecified atom stereocenters. The van der Waals surface area contributed by atoms with Gasteiger partial charge in [-0.2, -0.15) is 0 Å². The molecule has 0 saturated heterocycles. The van der Waals surface area contributed by atoms with Gasteiger partial charge in [-0.15, -0.1) is 0 Å². The third-order valence-electron chi connectivity index (χ3n) is 9.62. The second kappa shape index (κ2) is 14.7. The zero-order valence-corrected chi connectivity index (χ0v) is 34.3. The summed E-state index contributed by atoms with van der Waals surface area (Å²) >= 11 is 4.41. The molecule has 2 aromatic rings. The first kappa shape index (κ1) is 37.3. The molecule has 3 rings (SSSR count). The highest BCUT2D eigenvalue weighted by atomic mass is 127. The van der Waals surface area contributed by atoms with E-state index in [-0.39, 0.29) is 33.9 Å². The largest absolute Gasteiger partial charge is 0.544 e. The van der Waals surface area contributed by atoms with Gasteiger partial charge in [0.1, 0.15) is 24.7 Å². The zero-order chi connectivity index (χ0) is 33.1. The second-order valence-corrected chi connectivity index (χ2v) is 26.3. The summed E-state index contributed by atoms with van der Waals surface area (Å²) in [5.74, 6) is -0.718. The lowest BCUT2D eigenvalue weighted by atomic mass is 9.52. The number of esters is 2. The molecule has 0 bridgehead atoms. The Morgan fingerprint density at radius 1 is 0.614 bits per heavy atom. The van der Waals surface area contributed by atoms with Gasteiger partial charge in [-0.05, 0) is 71.7 Å². The molecular weight excluding hydrogens is 814 g/mol. The van der Waals surface area contributed by atoms with Gasteiger partial charge < -0.3 is 18.3 Å². The first-order chi connectivity index (χ1) is 20.3. The van der Waals surface area contributed by atoms with E-state index in [1.165, 1.54) is 0 Å². The SMILES string of the molecule is CC(C)(C)[Si](C)(C)Oc1ccc(C2C(C(=O)OCCI)C(c3ccc(O[Si](C)(C)C(C)(C)C)cc3)C2C(=O)OCCI)cc1. The van der Waals surface area contributed by atoms with Crippen LogP contribution in [0.2, 0.25) is 36.3 Å². The van der Waals surface area contributed by atoms with Crippen LogP contribution in [-0.4, -0.2) is 50.6 Å². The Hall–Kier alpha value is -1.13. The van der Waals surface area contributed by atoms with E-state index in [9.17, 15) is 9.59 Å². The van der Waals surface area contributed by atoms with Crippen LogP contribution in [0.15, 0.2) is 48.5 Å². The molecule has 0 amide bonds. The number of hydrogen-bond donors (Lipinski definition) is 0. The molecule has 0 aliphatic heterocycles. The molecule has 1 saturated carbocycles. The van der Waals surface area contributed by atoms with Gasteiger partial charge in [-0.3, -0.25) is 9.59 Å². The quantitative estimate of drug-likeness (QED) is 0.0917. The van der Waals surface area contributed by atoms with E-state index < -0.39 is 28.5 Å². The minimum atomic E-state index is -2.02. The zero-order valence-electron chi connectivity index (χ0n) is 28.0. The topological polar surface area (TPSA) is 71.1 Å². The molecule has 0 N–H and O–H groups in total. The minimum Gasteiger partial charge on any atom is -0.544 e. The van der Waals surface area contributed by atoms with Crippen molar-refractivity contribution in [2.45, 2.75) is 89.6 Å². The first-order valence-corrected chi connectivity index (χ1v) is 24.2. The van der Waals surface area contributed by atoms with Crippen molar-refractivity contribution in [1.82, 2.24) is 0 Å². The lowest BCUT2D eigenvalue weighted by Gasteiger charge is -2.49. The molecule has 0 radical (unpaired) electrons. The highest BCUT2D eigenvalue weighted by Crippen LogP contribution is 2.59. The lowest BCUT2D eigenvalue weighted by Crippen LogP contribution is -2.52. The van der Waals surface area contributed by atoms with Crippen LogP contribution < -0.4 is 8.85 Å². The highest BCUT2D eigenvalue weighted by molar-refractivity contribution is 14.1. The lowest BCUT2D eigenvalue weighted by molar-refractivity contribution is -0.166. The Morgan fingerprint density at radius 3 is 1.16 bits per heavy atom. The summed E-state index contributed by atoms with van der Waals surface area (Å²) in [5.41, 5.74) is 1.82. The molecule has 0 heterocycles. The summed E-state index contributed by atoms with van der Waals surface area (Å²) < 4.78 is 25.9. The van der Waals surface area contributed by atoms with Gasteiger partial charge in [0.25, 0.3) is 0 Å². The third-order valence-corrected chi connectivity index (χ3v) is 19.2. The average Bonchev–Trinajstić information content (AvgIpc) is 2.90. The number of hydrogen-bond acceptors (Lipinski definition) is 6. The van der Waals surface area contributed by atoms with Crippen molar-refractivity contribution in [2.24, 2.45) is 11.8 Å². The molecule has 1 aliphatic rings. The molecule has 0 aromatic heterocycles. The minimum absolute atomic E-state index is 0.0686. The average molecular weight is 865 g/mol. The predicted octanol–water partition coefficient (Wildman–Crippen LogP) is 9.52. The van der Waals surface area contributed by atoms with Gasteiger partial charge in [0.05, 0.1) is 11.8 Å². The number of benzene rings is 2. The van der Waals surface area contributed by atoms with Gasteiger partial charge in [-0.25, -0.2) is 0 Å². The van der Waals surface area contributed by atoms with Gasteiger partial charge in [0.15, 0.2) is 0 Å². The Balaban J connectivity index is 2.00.